The van der Waals surface area contributed by atoms with Crippen LogP contribution in [-0.4, -0.2) is 10.1 Å². The molecule has 0 saturated carbocycles. The number of nitrogens with zero attached hydrogens (tertiary/aromatic N) is 3. The van der Waals surface area contributed by atoms with E-state index in [1.165, 1.54) is 0 Å². The van der Waals surface area contributed by atoms with Gasteiger partial charge in [-0.25, -0.2) is 4.98 Å². The van der Waals surface area contributed by atoms with Gasteiger partial charge >= 0.3 is 0 Å². The van der Waals surface area contributed by atoms with Gasteiger partial charge in [0.2, 0.25) is 0 Å². The summed E-state index contributed by atoms with van der Waals surface area (Å²) in [5, 5.41) is 14.5. The lowest BCUT2D eigenvalue weighted by Crippen LogP contribution is -1.97. The van der Waals surface area contributed by atoms with Crippen LogP contribution in [0.15, 0.2) is 28.8 Å². The van der Waals surface area contributed by atoms with E-state index in [4.69, 9.17) is 4.52 Å². The van der Waals surface area contributed by atoms with Crippen molar-refractivity contribution in [2.24, 2.45) is 0 Å². The summed E-state index contributed by atoms with van der Waals surface area (Å²) < 4.78 is 5.20. The Labute approximate surface area is 116 Å². The van der Waals surface area contributed by atoms with Gasteiger partial charge < -0.3 is 4.52 Å². The van der Waals surface area contributed by atoms with Crippen molar-refractivity contribution in [1.82, 2.24) is 10.1 Å². The number of fused-ring (bicyclic) bond motifs is 1. The van der Waals surface area contributed by atoms with Gasteiger partial charge in [-0.2, -0.15) is 5.26 Å². The second-order valence-electron chi connectivity index (χ2n) is 4.79. The average Bonchev–Trinajstić information content (AvgIpc) is 2.78. The van der Waals surface area contributed by atoms with E-state index in [9.17, 15) is 5.26 Å². The normalized spacial score (nSPS) is 10.7. The molecule has 0 unspecified atom stereocenters. The molecule has 0 aliphatic rings. The van der Waals surface area contributed by atoms with Crippen molar-refractivity contribution in [3.8, 4) is 17.3 Å². The summed E-state index contributed by atoms with van der Waals surface area (Å²) in [4.78, 5) is 4.65. The lowest BCUT2D eigenvalue weighted by Gasteiger charge is -2.09. The van der Waals surface area contributed by atoms with E-state index in [0.717, 1.165) is 27.7 Å². The Bertz CT molecular complexity index is 837. The van der Waals surface area contributed by atoms with Crippen LogP contribution in [0.2, 0.25) is 0 Å². The third-order valence-electron chi connectivity index (χ3n) is 3.53. The van der Waals surface area contributed by atoms with Gasteiger partial charge in [0.25, 0.3) is 0 Å². The Balaban J connectivity index is 2.45. The SMILES string of the molecule is Cc1noc(C)c1-c1nc2ccccc2c(C)c1C#N. The van der Waals surface area contributed by atoms with Crippen LogP contribution < -0.4 is 0 Å². The largest absolute Gasteiger partial charge is 0.361 e. The first-order valence-corrected chi connectivity index (χ1v) is 6.36. The Morgan fingerprint density at radius 1 is 1.15 bits per heavy atom. The highest BCUT2D eigenvalue weighted by atomic mass is 16.5. The van der Waals surface area contributed by atoms with E-state index in [1.807, 2.05) is 45.0 Å². The monoisotopic (exact) mass is 263 g/mol. The van der Waals surface area contributed by atoms with Gasteiger partial charge in [-0.3, -0.25) is 0 Å². The maximum absolute atomic E-state index is 9.50. The van der Waals surface area contributed by atoms with Crippen LogP contribution in [-0.2, 0) is 0 Å². The summed E-state index contributed by atoms with van der Waals surface area (Å²) in [6.45, 7) is 5.64. The maximum Gasteiger partial charge on any atom is 0.143 e. The van der Waals surface area contributed by atoms with Crippen LogP contribution in [0.25, 0.3) is 22.2 Å². The molecule has 0 amide bonds. The molecule has 3 rings (SSSR count). The zero-order valence-corrected chi connectivity index (χ0v) is 11.6. The second kappa shape index (κ2) is 4.46. The van der Waals surface area contributed by atoms with Crippen LogP contribution in [0, 0.1) is 32.1 Å². The van der Waals surface area contributed by atoms with Gasteiger partial charge in [0.1, 0.15) is 11.8 Å². The highest BCUT2D eigenvalue weighted by molar-refractivity contribution is 5.89. The number of aryl methyl sites for hydroxylation is 3. The zero-order chi connectivity index (χ0) is 14.3. The topological polar surface area (TPSA) is 62.7 Å². The van der Waals surface area contributed by atoms with E-state index in [2.05, 4.69) is 16.2 Å². The number of aromatic nitrogens is 2. The lowest BCUT2D eigenvalue weighted by molar-refractivity contribution is 0.393. The zero-order valence-electron chi connectivity index (χ0n) is 11.6. The molecule has 0 bridgehead atoms. The van der Waals surface area contributed by atoms with Crippen molar-refractivity contribution in [2.45, 2.75) is 20.8 Å². The highest BCUT2D eigenvalue weighted by Gasteiger charge is 2.19. The van der Waals surface area contributed by atoms with Crippen molar-refractivity contribution >= 4 is 10.9 Å². The van der Waals surface area contributed by atoms with Crippen LogP contribution in [0.3, 0.4) is 0 Å². The fourth-order valence-corrected chi connectivity index (χ4v) is 2.52. The maximum atomic E-state index is 9.50. The number of hydrogen-bond acceptors (Lipinski definition) is 4. The van der Waals surface area contributed by atoms with Crippen LogP contribution in [0.5, 0.6) is 0 Å². The van der Waals surface area contributed by atoms with E-state index < -0.39 is 0 Å². The van der Waals surface area contributed by atoms with Crippen molar-refractivity contribution in [1.29, 1.82) is 5.26 Å². The van der Waals surface area contributed by atoms with Crippen molar-refractivity contribution < 1.29 is 4.52 Å². The molecule has 3 aromatic rings. The van der Waals surface area contributed by atoms with E-state index in [1.54, 1.807) is 0 Å². The van der Waals surface area contributed by atoms with Crippen LogP contribution in [0.1, 0.15) is 22.6 Å². The molecule has 2 heterocycles. The summed E-state index contributed by atoms with van der Waals surface area (Å²) in [5.74, 6) is 0.682. The van der Waals surface area contributed by atoms with Crippen LogP contribution >= 0.6 is 0 Å². The van der Waals surface area contributed by atoms with Crippen LogP contribution in [0.4, 0.5) is 0 Å². The molecule has 0 fully saturated rings. The minimum Gasteiger partial charge on any atom is -0.361 e. The summed E-state index contributed by atoms with van der Waals surface area (Å²) in [6.07, 6.45) is 0. The molecule has 1 aromatic carbocycles. The number of rotatable bonds is 1. The van der Waals surface area contributed by atoms with Crippen molar-refractivity contribution in [3.63, 3.8) is 0 Å². The van der Waals surface area contributed by atoms with E-state index >= 15 is 0 Å². The highest BCUT2D eigenvalue weighted by Crippen LogP contribution is 2.32. The van der Waals surface area contributed by atoms with Gasteiger partial charge in [0.05, 0.1) is 28.0 Å². The number of nitriles is 1. The quantitative estimate of drug-likeness (QED) is 0.671. The molecule has 2 aromatic heterocycles. The minimum atomic E-state index is 0.582. The molecule has 0 radical (unpaired) electrons. The fourth-order valence-electron chi connectivity index (χ4n) is 2.52. The van der Waals surface area contributed by atoms with Crippen molar-refractivity contribution in [3.05, 3.63) is 46.8 Å². The first kappa shape index (κ1) is 12.4. The third kappa shape index (κ3) is 1.68. The van der Waals surface area contributed by atoms with Gasteiger partial charge in [0, 0.05) is 5.39 Å². The average molecular weight is 263 g/mol. The first-order chi connectivity index (χ1) is 9.63. The second-order valence-corrected chi connectivity index (χ2v) is 4.79. The summed E-state index contributed by atoms with van der Waals surface area (Å²) in [5.41, 5.74) is 4.61. The van der Waals surface area contributed by atoms with Gasteiger partial charge in [-0.05, 0) is 32.4 Å². The minimum absolute atomic E-state index is 0.582. The van der Waals surface area contributed by atoms with Crippen molar-refractivity contribution in [2.75, 3.05) is 0 Å². The van der Waals surface area contributed by atoms with E-state index in [-0.39, 0.29) is 0 Å². The van der Waals surface area contributed by atoms with Gasteiger partial charge in [0.15, 0.2) is 0 Å². The lowest BCUT2D eigenvalue weighted by atomic mass is 9.98. The molecular formula is C16H13N3O. The Morgan fingerprint density at radius 2 is 1.90 bits per heavy atom. The van der Waals surface area contributed by atoms with Gasteiger partial charge in [-0.1, -0.05) is 23.4 Å². The molecule has 20 heavy (non-hydrogen) atoms. The smallest absolute Gasteiger partial charge is 0.143 e. The van der Waals surface area contributed by atoms with Gasteiger partial charge in [-0.15, -0.1) is 0 Å². The molecule has 0 aliphatic carbocycles. The summed E-state index contributed by atoms with van der Waals surface area (Å²) >= 11 is 0. The molecule has 0 atom stereocenters. The first-order valence-electron chi connectivity index (χ1n) is 6.36. The Hall–Kier alpha value is -2.67. The molecule has 0 saturated heterocycles. The Morgan fingerprint density at radius 3 is 2.55 bits per heavy atom. The standard InChI is InChI=1S/C16H13N3O/c1-9-12-6-4-5-7-14(12)18-16(13(9)8-17)15-10(2)19-20-11(15)3/h4-7H,1-3H3. The summed E-state index contributed by atoms with van der Waals surface area (Å²) in [7, 11) is 0. The number of pyridine rings is 1. The predicted molar refractivity (Wildman–Crippen MR) is 76.2 cm³/mol. The van der Waals surface area contributed by atoms with E-state index in [0.29, 0.717) is 17.0 Å². The Kier molecular flexibility index (Phi) is 2.76. The molecule has 4 heteroatoms. The summed E-state index contributed by atoms with van der Waals surface area (Å²) in [6, 6.07) is 10.1. The fraction of sp³-hybridized carbons (Fsp3) is 0.188. The molecule has 98 valence electrons. The molecule has 0 aliphatic heterocycles. The number of hydrogen-bond donors (Lipinski definition) is 0. The molecule has 4 nitrogen and oxygen atoms in total. The molecule has 0 spiro atoms. The predicted octanol–water partition coefficient (Wildman–Crippen LogP) is 3.69. The molecule has 0 N–H and O–H groups in total. The number of benzene rings is 1. The third-order valence-corrected chi connectivity index (χ3v) is 3.53. The molecular weight excluding hydrogens is 250 g/mol. The number of para-hydroxylation sites is 1.